The van der Waals surface area contributed by atoms with Crippen LogP contribution < -0.4 is 9.47 Å². The number of nitrogens with zero attached hydrogens (tertiary/aromatic N) is 2. The quantitative estimate of drug-likeness (QED) is 0.666. The van der Waals surface area contributed by atoms with Gasteiger partial charge in [-0.3, -0.25) is 9.78 Å². The second-order valence-corrected chi connectivity index (χ2v) is 5.48. The van der Waals surface area contributed by atoms with E-state index in [0.717, 1.165) is 27.3 Å². The number of pyridine rings is 1. The minimum atomic E-state index is 0.393. The molecular formula is C16H13BrN2O3. The van der Waals surface area contributed by atoms with E-state index in [1.807, 2.05) is 16.8 Å². The molecule has 3 aromatic rings. The molecule has 0 amide bonds. The average molecular weight is 361 g/mol. The molecule has 1 aromatic carbocycles. The standard InChI is InChI=1S/C16H13BrN2O3/c1-21-15-5-10(6-16(22-2)12(15)9-20)19-4-3-11-13(17)7-18-8-14(11)19/h3-9H,1-2H3. The monoisotopic (exact) mass is 360 g/mol. The van der Waals surface area contributed by atoms with Crippen LogP contribution in [0.4, 0.5) is 0 Å². The number of ether oxygens (including phenoxy) is 2. The van der Waals surface area contributed by atoms with E-state index in [1.165, 1.54) is 14.2 Å². The Morgan fingerprint density at radius 2 is 1.86 bits per heavy atom. The van der Waals surface area contributed by atoms with Gasteiger partial charge in [0, 0.05) is 34.4 Å². The van der Waals surface area contributed by atoms with Crippen molar-refractivity contribution in [2.24, 2.45) is 0 Å². The highest BCUT2D eigenvalue weighted by molar-refractivity contribution is 9.10. The van der Waals surface area contributed by atoms with Crippen molar-refractivity contribution in [3.05, 3.63) is 46.8 Å². The fourth-order valence-corrected chi connectivity index (χ4v) is 2.88. The molecule has 6 heteroatoms. The summed E-state index contributed by atoms with van der Waals surface area (Å²) in [6, 6.07) is 5.59. The first-order valence-corrected chi connectivity index (χ1v) is 7.31. The van der Waals surface area contributed by atoms with Crippen LogP contribution in [-0.2, 0) is 0 Å². The first-order valence-electron chi connectivity index (χ1n) is 6.51. The van der Waals surface area contributed by atoms with Gasteiger partial charge in [0.2, 0.25) is 0 Å². The molecule has 0 N–H and O–H groups in total. The van der Waals surface area contributed by atoms with Crippen LogP contribution in [0, 0.1) is 0 Å². The number of fused-ring (bicyclic) bond motifs is 1. The minimum Gasteiger partial charge on any atom is -0.496 e. The fraction of sp³-hybridized carbons (Fsp3) is 0.125. The van der Waals surface area contributed by atoms with Crippen molar-refractivity contribution in [1.82, 2.24) is 9.55 Å². The maximum atomic E-state index is 11.2. The van der Waals surface area contributed by atoms with E-state index in [2.05, 4.69) is 20.9 Å². The summed E-state index contributed by atoms with van der Waals surface area (Å²) in [6.45, 7) is 0. The van der Waals surface area contributed by atoms with Gasteiger partial charge in [0.1, 0.15) is 11.5 Å². The Morgan fingerprint density at radius 1 is 1.18 bits per heavy atom. The molecule has 0 fully saturated rings. The van der Waals surface area contributed by atoms with Gasteiger partial charge in [-0.15, -0.1) is 0 Å². The predicted octanol–water partition coefficient (Wildman–Crippen LogP) is 3.62. The van der Waals surface area contributed by atoms with E-state index in [0.29, 0.717) is 17.1 Å². The molecule has 0 atom stereocenters. The molecule has 3 rings (SSSR count). The van der Waals surface area contributed by atoms with Gasteiger partial charge in [-0.05, 0) is 22.0 Å². The molecule has 0 saturated carbocycles. The van der Waals surface area contributed by atoms with Crippen LogP contribution in [0.3, 0.4) is 0 Å². The zero-order valence-corrected chi connectivity index (χ0v) is 13.6. The van der Waals surface area contributed by atoms with Gasteiger partial charge in [0.05, 0.1) is 37.2 Å². The number of carbonyl (C=O) groups is 1. The molecule has 0 spiro atoms. The Morgan fingerprint density at radius 3 is 2.45 bits per heavy atom. The molecular weight excluding hydrogens is 348 g/mol. The van der Waals surface area contributed by atoms with Gasteiger partial charge in [-0.2, -0.15) is 0 Å². The number of benzene rings is 1. The van der Waals surface area contributed by atoms with Crippen LogP contribution >= 0.6 is 15.9 Å². The third kappa shape index (κ3) is 2.25. The SMILES string of the molecule is COc1cc(-n2ccc3c(Br)cncc32)cc(OC)c1C=O. The number of aromatic nitrogens is 2. The van der Waals surface area contributed by atoms with Gasteiger partial charge in [-0.1, -0.05) is 0 Å². The maximum Gasteiger partial charge on any atom is 0.157 e. The molecule has 0 aliphatic heterocycles. The first-order chi connectivity index (χ1) is 10.7. The highest BCUT2D eigenvalue weighted by atomic mass is 79.9. The molecule has 2 heterocycles. The Hall–Kier alpha value is -2.34. The average Bonchev–Trinajstić information content (AvgIpc) is 2.98. The van der Waals surface area contributed by atoms with Crippen LogP contribution in [-0.4, -0.2) is 30.1 Å². The van der Waals surface area contributed by atoms with E-state index in [9.17, 15) is 4.79 Å². The summed E-state index contributed by atoms with van der Waals surface area (Å²) < 4.78 is 13.5. The van der Waals surface area contributed by atoms with Gasteiger partial charge in [0.25, 0.3) is 0 Å². The zero-order valence-electron chi connectivity index (χ0n) is 12.0. The second-order valence-electron chi connectivity index (χ2n) is 4.62. The lowest BCUT2D eigenvalue weighted by Crippen LogP contribution is -2.00. The van der Waals surface area contributed by atoms with E-state index >= 15 is 0 Å². The number of hydrogen-bond acceptors (Lipinski definition) is 4. The normalized spacial score (nSPS) is 10.7. The smallest absolute Gasteiger partial charge is 0.157 e. The number of halogens is 1. The van der Waals surface area contributed by atoms with Crippen LogP contribution in [0.1, 0.15) is 10.4 Å². The van der Waals surface area contributed by atoms with Crippen LogP contribution in [0.15, 0.2) is 41.3 Å². The number of carbonyl (C=O) groups excluding carboxylic acids is 1. The predicted molar refractivity (Wildman–Crippen MR) is 87.3 cm³/mol. The highest BCUT2D eigenvalue weighted by Crippen LogP contribution is 2.33. The number of methoxy groups -OCH3 is 2. The summed E-state index contributed by atoms with van der Waals surface area (Å²) in [7, 11) is 3.05. The van der Waals surface area contributed by atoms with Gasteiger partial charge in [0.15, 0.2) is 6.29 Å². The molecule has 5 nitrogen and oxygen atoms in total. The van der Waals surface area contributed by atoms with Gasteiger partial charge >= 0.3 is 0 Å². The largest absolute Gasteiger partial charge is 0.496 e. The van der Waals surface area contributed by atoms with E-state index < -0.39 is 0 Å². The second kappa shape index (κ2) is 5.81. The number of hydrogen-bond donors (Lipinski definition) is 0. The summed E-state index contributed by atoms with van der Waals surface area (Å²) in [5.74, 6) is 0.934. The maximum absolute atomic E-state index is 11.2. The Kier molecular flexibility index (Phi) is 3.85. The Labute approximate surface area is 135 Å². The molecule has 0 aliphatic carbocycles. The Balaban J connectivity index is 2.27. The molecule has 0 unspecified atom stereocenters. The topological polar surface area (TPSA) is 53.4 Å². The van der Waals surface area contributed by atoms with Crippen molar-refractivity contribution in [1.29, 1.82) is 0 Å². The molecule has 0 bridgehead atoms. The molecule has 2 aromatic heterocycles. The number of rotatable bonds is 4. The van der Waals surface area contributed by atoms with Crippen molar-refractivity contribution >= 4 is 33.1 Å². The van der Waals surface area contributed by atoms with Crippen molar-refractivity contribution < 1.29 is 14.3 Å². The van der Waals surface area contributed by atoms with E-state index in [-0.39, 0.29) is 0 Å². The van der Waals surface area contributed by atoms with Crippen LogP contribution in [0.5, 0.6) is 11.5 Å². The Bertz CT molecular complexity index is 833. The molecule has 0 radical (unpaired) electrons. The lowest BCUT2D eigenvalue weighted by molar-refractivity contribution is 0.111. The first kappa shape index (κ1) is 14.6. The van der Waals surface area contributed by atoms with Crippen LogP contribution in [0.2, 0.25) is 0 Å². The van der Waals surface area contributed by atoms with Crippen molar-refractivity contribution in [2.75, 3.05) is 14.2 Å². The highest BCUT2D eigenvalue weighted by Gasteiger charge is 2.14. The summed E-state index contributed by atoms with van der Waals surface area (Å²) >= 11 is 3.49. The van der Waals surface area contributed by atoms with Crippen molar-refractivity contribution in [2.45, 2.75) is 0 Å². The lowest BCUT2D eigenvalue weighted by atomic mass is 10.1. The third-order valence-corrected chi connectivity index (χ3v) is 4.12. The van der Waals surface area contributed by atoms with Crippen molar-refractivity contribution in [3.63, 3.8) is 0 Å². The lowest BCUT2D eigenvalue weighted by Gasteiger charge is -2.13. The summed E-state index contributed by atoms with van der Waals surface area (Å²) in [6.07, 6.45) is 6.20. The fourth-order valence-electron chi connectivity index (χ4n) is 2.43. The molecule has 0 aliphatic rings. The van der Waals surface area contributed by atoms with E-state index in [4.69, 9.17) is 9.47 Å². The molecule has 22 heavy (non-hydrogen) atoms. The van der Waals surface area contributed by atoms with Crippen molar-refractivity contribution in [3.8, 4) is 17.2 Å². The third-order valence-electron chi connectivity index (χ3n) is 3.49. The van der Waals surface area contributed by atoms with E-state index in [1.54, 1.807) is 24.5 Å². The summed E-state index contributed by atoms with van der Waals surface area (Å²) in [5.41, 5.74) is 2.16. The summed E-state index contributed by atoms with van der Waals surface area (Å²) in [4.78, 5) is 15.4. The summed E-state index contributed by atoms with van der Waals surface area (Å²) in [5, 5.41) is 1.05. The molecule has 0 saturated heterocycles. The number of aldehydes is 1. The molecule has 112 valence electrons. The minimum absolute atomic E-state index is 0.393. The zero-order chi connectivity index (χ0) is 15.7. The van der Waals surface area contributed by atoms with Crippen LogP contribution in [0.25, 0.3) is 16.6 Å². The van der Waals surface area contributed by atoms with Gasteiger partial charge < -0.3 is 14.0 Å². The van der Waals surface area contributed by atoms with Gasteiger partial charge in [-0.25, -0.2) is 0 Å².